The lowest BCUT2D eigenvalue weighted by Crippen LogP contribution is -2.28. The van der Waals surface area contributed by atoms with Crippen molar-refractivity contribution < 1.29 is 18.7 Å². The van der Waals surface area contributed by atoms with Crippen LogP contribution in [-0.4, -0.2) is 29.3 Å². The minimum atomic E-state index is -0.319. The summed E-state index contributed by atoms with van der Waals surface area (Å²) in [6.07, 6.45) is 1.85. The molecule has 7 heteroatoms. The van der Waals surface area contributed by atoms with E-state index in [1.54, 1.807) is 17.0 Å². The van der Waals surface area contributed by atoms with Crippen LogP contribution in [0.4, 0.5) is 10.1 Å². The molecule has 0 atom stereocenters. The van der Waals surface area contributed by atoms with E-state index in [4.69, 9.17) is 9.47 Å². The Labute approximate surface area is 160 Å². The van der Waals surface area contributed by atoms with Crippen molar-refractivity contribution in [3.05, 3.63) is 58.2 Å². The van der Waals surface area contributed by atoms with Crippen LogP contribution in [0.3, 0.4) is 0 Å². The second-order valence-corrected chi connectivity index (χ2v) is 7.10. The summed E-state index contributed by atoms with van der Waals surface area (Å²) in [7, 11) is 0. The summed E-state index contributed by atoms with van der Waals surface area (Å²) in [5.74, 6) is 0.977. The zero-order valence-electron chi connectivity index (χ0n) is 14.9. The number of ether oxygens (including phenoxy) is 2. The van der Waals surface area contributed by atoms with Crippen molar-refractivity contribution >= 4 is 34.6 Å². The van der Waals surface area contributed by atoms with Crippen molar-refractivity contribution in [3.8, 4) is 11.5 Å². The number of amidine groups is 1. The third kappa shape index (κ3) is 3.42. The summed E-state index contributed by atoms with van der Waals surface area (Å²) in [6, 6.07) is 9.66. The summed E-state index contributed by atoms with van der Waals surface area (Å²) in [4.78, 5) is 19.5. The van der Waals surface area contributed by atoms with Gasteiger partial charge in [-0.3, -0.25) is 9.69 Å². The Morgan fingerprint density at radius 1 is 1.22 bits per heavy atom. The van der Waals surface area contributed by atoms with Crippen LogP contribution in [0.25, 0.3) is 6.08 Å². The lowest BCUT2D eigenvalue weighted by molar-refractivity contribution is -0.122. The molecule has 0 saturated carbocycles. The fourth-order valence-corrected chi connectivity index (χ4v) is 3.91. The van der Waals surface area contributed by atoms with Gasteiger partial charge >= 0.3 is 0 Å². The second-order valence-electron chi connectivity index (χ2n) is 6.09. The van der Waals surface area contributed by atoms with Crippen LogP contribution in [0.5, 0.6) is 11.5 Å². The SMILES string of the molecule is CCN1C(=O)/C(=C\c2cc3c(cc2C)OCO3)SC1=Nc1ccc(F)cc1. The normalized spacial score (nSPS) is 18.8. The molecule has 27 heavy (non-hydrogen) atoms. The monoisotopic (exact) mass is 384 g/mol. The zero-order chi connectivity index (χ0) is 19.0. The van der Waals surface area contributed by atoms with Crippen molar-refractivity contribution in [1.82, 2.24) is 4.90 Å². The molecule has 0 aromatic heterocycles. The molecule has 4 rings (SSSR count). The molecule has 0 radical (unpaired) electrons. The molecule has 0 aliphatic carbocycles. The Hall–Kier alpha value is -2.80. The minimum absolute atomic E-state index is 0.0968. The molecular formula is C20H17FN2O3S. The number of likely N-dealkylation sites (N-methyl/N-ethyl adjacent to an activating group) is 1. The van der Waals surface area contributed by atoms with Gasteiger partial charge in [-0.1, -0.05) is 0 Å². The first-order chi connectivity index (χ1) is 13.0. The summed E-state index contributed by atoms with van der Waals surface area (Å²) < 4.78 is 23.9. The first kappa shape index (κ1) is 17.6. The number of halogens is 1. The molecular weight excluding hydrogens is 367 g/mol. The molecule has 1 amide bonds. The van der Waals surface area contributed by atoms with Gasteiger partial charge in [-0.2, -0.15) is 0 Å². The first-order valence-corrected chi connectivity index (χ1v) is 9.32. The largest absolute Gasteiger partial charge is 0.454 e. The predicted molar refractivity (Wildman–Crippen MR) is 104 cm³/mol. The van der Waals surface area contributed by atoms with Gasteiger partial charge in [0.05, 0.1) is 10.6 Å². The van der Waals surface area contributed by atoms with E-state index in [0.29, 0.717) is 33.8 Å². The number of amides is 1. The fraction of sp³-hybridized carbons (Fsp3) is 0.200. The average molecular weight is 384 g/mol. The van der Waals surface area contributed by atoms with Gasteiger partial charge in [0.25, 0.3) is 5.91 Å². The summed E-state index contributed by atoms with van der Waals surface area (Å²) in [5, 5.41) is 0.582. The van der Waals surface area contributed by atoms with Crippen LogP contribution in [0, 0.1) is 12.7 Å². The lowest BCUT2D eigenvalue weighted by Gasteiger charge is -2.12. The molecule has 2 heterocycles. The van der Waals surface area contributed by atoms with Gasteiger partial charge in [0.1, 0.15) is 5.82 Å². The number of rotatable bonds is 3. The fourth-order valence-electron chi connectivity index (χ4n) is 2.85. The van der Waals surface area contributed by atoms with Gasteiger partial charge in [0.2, 0.25) is 6.79 Å². The van der Waals surface area contributed by atoms with Gasteiger partial charge in [0, 0.05) is 6.54 Å². The van der Waals surface area contributed by atoms with Gasteiger partial charge < -0.3 is 9.47 Å². The van der Waals surface area contributed by atoms with Crippen molar-refractivity contribution in [2.24, 2.45) is 4.99 Å². The number of carbonyl (C=O) groups is 1. The molecule has 0 spiro atoms. The van der Waals surface area contributed by atoms with Crippen molar-refractivity contribution in [3.63, 3.8) is 0 Å². The Balaban J connectivity index is 1.67. The molecule has 0 N–H and O–H groups in total. The van der Waals surface area contributed by atoms with Gasteiger partial charge in [-0.05, 0) is 79.2 Å². The summed E-state index contributed by atoms with van der Waals surface area (Å²) >= 11 is 1.31. The number of benzene rings is 2. The molecule has 1 saturated heterocycles. The van der Waals surface area contributed by atoms with Crippen LogP contribution in [0.2, 0.25) is 0 Å². The molecule has 5 nitrogen and oxygen atoms in total. The molecule has 0 unspecified atom stereocenters. The third-order valence-corrected chi connectivity index (χ3v) is 5.31. The number of carbonyl (C=O) groups excluding carboxylic acids is 1. The van der Waals surface area contributed by atoms with Gasteiger partial charge in [-0.25, -0.2) is 9.38 Å². The van der Waals surface area contributed by atoms with Crippen molar-refractivity contribution in [2.45, 2.75) is 13.8 Å². The Morgan fingerprint density at radius 2 is 1.93 bits per heavy atom. The molecule has 138 valence electrons. The Kier molecular flexibility index (Phi) is 4.61. The smallest absolute Gasteiger partial charge is 0.266 e. The van der Waals surface area contributed by atoms with E-state index in [1.807, 2.05) is 32.1 Å². The topological polar surface area (TPSA) is 51.1 Å². The zero-order valence-corrected chi connectivity index (χ0v) is 15.7. The standard InChI is InChI=1S/C20H17FN2O3S/c1-3-23-19(24)18(27-20(23)22-15-6-4-14(21)5-7-15)10-13-9-17-16(8-12(13)2)25-11-26-17/h4-10H,3,11H2,1-2H3/b18-10+,22-20?. The van der Waals surface area contributed by atoms with Crippen molar-refractivity contribution in [2.75, 3.05) is 13.3 Å². The van der Waals surface area contributed by atoms with Gasteiger partial charge in [0.15, 0.2) is 16.7 Å². The molecule has 1 fully saturated rings. The van der Waals surface area contributed by atoms with Crippen LogP contribution < -0.4 is 9.47 Å². The highest BCUT2D eigenvalue weighted by atomic mass is 32.2. The van der Waals surface area contributed by atoms with E-state index in [2.05, 4.69) is 4.99 Å². The highest BCUT2D eigenvalue weighted by molar-refractivity contribution is 8.18. The quantitative estimate of drug-likeness (QED) is 0.732. The maximum Gasteiger partial charge on any atom is 0.266 e. The Bertz CT molecular complexity index is 970. The Morgan fingerprint density at radius 3 is 2.63 bits per heavy atom. The van der Waals surface area contributed by atoms with Crippen LogP contribution in [-0.2, 0) is 4.79 Å². The lowest BCUT2D eigenvalue weighted by atomic mass is 10.1. The number of fused-ring (bicyclic) bond motifs is 1. The summed E-state index contributed by atoms with van der Waals surface area (Å²) in [5.41, 5.74) is 2.49. The second kappa shape index (κ2) is 7.08. The number of aliphatic imine (C=N–C) groups is 1. The van der Waals surface area contributed by atoms with E-state index in [-0.39, 0.29) is 18.5 Å². The highest BCUT2D eigenvalue weighted by Gasteiger charge is 2.32. The van der Waals surface area contributed by atoms with E-state index in [1.165, 1.54) is 23.9 Å². The van der Waals surface area contributed by atoms with E-state index in [9.17, 15) is 9.18 Å². The number of hydrogen-bond acceptors (Lipinski definition) is 5. The average Bonchev–Trinajstić information content (AvgIpc) is 3.21. The number of hydrogen-bond donors (Lipinski definition) is 0. The maximum absolute atomic E-state index is 13.1. The van der Waals surface area contributed by atoms with Crippen LogP contribution in [0.1, 0.15) is 18.1 Å². The van der Waals surface area contributed by atoms with E-state index in [0.717, 1.165) is 11.1 Å². The molecule has 2 aromatic rings. The number of thioether (sulfide) groups is 1. The molecule has 2 aromatic carbocycles. The molecule has 0 bridgehead atoms. The predicted octanol–water partition coefficient (Wildman–Crippen LogP) is 4.49. The van der Waals surface area contributed by atoms with Crippen LogP contribution in [0.15, 0.2) is 46.3 Å². The van der Waals surface area contributed by atoms with Crippen LogP contribution >= 0.6 is 11.8 Å². The number of nitrogens with zero attached hydrogens (tertiary/aromatic N) is 2. The first-order valence-electron chi connectivity index (χ1n) is 8.51. The number of aryl methyl sites for hydroxylation is 1. The van der Waals surface area contributed by atoms with E-state index >= 15 is 0 Å². The maximum atomic E-state index is 13.1. The van der Waals surface area contributed by atoms with Crippen molar-refractivity contribution in [1.29, 1.82) is 0 Å². The molecule has 2 aliphatic rings. The van der Waals surface area contributed by atoms with E-state index < -0.39 is 0 Å². The minimum Gasteiger partial charge on any atom is -0.454 e. The summed E-state index contributed by atoms with van der Waals surface area (Å²) in [6.45, 7) is 4.57. The third-order valence-electron chi connectivity index (χ3n) is 4.30. The molecule has 2 aliphatic heterocycles. The highest BCUT2D eigenvalue weighted by Crippen LogP contribution is 2.38. The van der Waals surface area contributed by atoms with Gasteiger partial charge in [-0.15, -0.1) is 0 Å².